The van der Waals surface area contributed by atoms with Gasteiger partial charge < -0.3 is 14.6 Å². The lowest BCUT2D eigenvalue weighted by molar-refractivity contribution is -0.149. The number of aliphatic carboxylic acids is 1. The molecular weight excluding hydrogens is 505 g/mol. The lowest BCUT2D eigenvalue weighted by atomic mass is 10.1. The molecule has 0 heterocycles. The number of ether oxygens (including phenoxy) is 2. The molecule has 0 saturated carbocycles. The Morgan fingerprint density at radius 1 is 1.23 bits per heavy atom. The topological polar surface area (TPSA) is 55.8 Å². The van der Waals surface area contributed by atoms with Gasteiger partial charge in [-0.3, -0.25) is 0 Å². The molecule has 2 aromatic rings. The molecule has 0 fully saturated rings. The normalized spacial score (nSPS) is 12.1. The molecule has 0 saturated heterocycles. The van der Waals surface area contributed by atoms with Crippen LogP contribution in [0.4, 0.5) is 8.78 Å². The quantitative estimate of drug-likeness (QED) is 0.390. The van der Waals surface area contributed by atoms with Crippen LogP contribution < -0.4 is 4.74 Å². The zero-order chi connectivity index (χ0) is 22.1. The van der Waals surface area contributed by atoms with Crippen molar-refractivity contribution >= 4 is 28.6 Å². The summed E-state index contributed by atoms with van der Waals surface area (Å²) in [7, 11) is 0. The van der Waals surface area contributed by atoms with E-state index in [0.29, 0.717) is 17.9 Å². The standard InChI is InChI=1S/C23H21F2IO4/c1-3-29-22(23(27)28)13-17-6-7-21(20(26)12-17)30-9-8-15(2)4-5-16-10-18(24)14-19(25)11-16/h6-8,10-12,14,22H,3,9,13H2,1-2H3,(H,27,28)/b15-8-. The first-order valence-electron chi connectivity index (χ1n) is 9.19. The molecule has 158 valence electrons. The van der Waals surface area contributed by atoms with E-state index in [4.69, 9.17) is 9.47 Å². The van der Waals surface area contributed by atoms with Crippen molar-refractivity contribution < 1.29 is 28.2 Å². The molecule has 4 nitrogen and oxygen atoms in total. The highest BCUT2D eigenvalue weighted by molar-refractivity contribution is 14.1. The third-order valence-corrected chi connectivity index (χ3v) is 4.80. The van der Waals surface area contributed by atoms with Crippen LogP contribution in [0.2, 0.25) is 0 Å². The van der Waals surface area contributed by atoms with Gasteiger partial charge in [0.1, 0.15) is 24.0 Å². The summed E-state index contributed by atoms with van der Waals surface area (Å²) in [5, 5.41) is 9.20. The minimum atomic E-state index is -0.991. The number of carbonyl (C=O) groups is 1. The maximum absolute atomic E-state index is 13.2. The average Bonchev–Trinajstić information content (AvgIpc) is 2.67. The summed E-state index contributed by atoms with van der Waals surface area (Å²) in [6.45, 7) is 4.13. The lowest BCUT2D eigenvalue weighted by Crippen LogP contribution is -2.26. The van der Waals surface area contributed by atoms with Crippen LogP contribution in [0, 0.1) is 27.0 Å². The molecule has 0 spiro atoms. The Hall–Kier alpha value is -2.44. The summed E-state index contributed by atoms with van der Waals surface area (Å²) in [5.41, 5.74) is 1.80. The minimum Gasteiger partial charge on any atom is -0.488 e. The van der Waals surface area contributed by atoms with Gasteiger partial charge in [0.2, 0.25) is 0 Å². The number of allylic oxidation sites excluding steroid dienone is 1. The van der Waals surface area contributed by atoms with Crippen LogP contribution >= 0.6 is 22.6 Å². The Morgan fingerprint density at radius 3 is 2.53 bits per heavy atom. The van der Waals surface area contributed by atoms with Crippen LogP contribution in [0.3, 0.4) is 0 Å². The average molecular weight is 526 g/mol. The van der Waals surface area contributed by atoms with E-state index in [0.717, 1.165) is 15.2 Å². The van der Waals surface area contributed by atoms with Gasteiger partial charge in [-0.15, -0.1) is 0 Å². The number of halogens is 3. The fourth-order valence-corrected chi connectivity index (χ4v) is 3.26. The molecule has 0 aliphatic heterocycles. The van der Waals surface area contributed by atoms with E-state index in [1.807, 2.05) is 6.07 Å². The lowest BCUT2D eigenvalue weighted by Gasteiger charge is -2.13. The van der Waals surface area contributed by atoms with Crippen molar-refractivity contribution in [3.8, 4) is 17.6 Å². The second-order valence-corrected chi connectivity index (χ2v) is 7.52. The highest BCUT2D eigenvalue weighted by Gasteiger charge is 2.18. The number of carboxylic acids is 1. The van der Waals surface area contributed by atoms with Gasteiger partial charge in [-0.2, -0.15) is 0 Å². The van der Waals surface area contributed by atoms with E-state index in [2.05, 4.69) is 34.4 Å². The SMILES string of the molecule is CCOC(Cc1ccc(OC/C=C(/C)C#Cc2cc(F)cc(F)c2)c(I)c1)C(=O)O. The number of hydrogen-bond donors (Lipinski definition) is 1. The van der Waals surface area contributed by atoms with Gasteiger partial charge in [0.05, 0.1) is 3.57 Å². The van der Waals surface area contributed by atoms with Gasteiger partial charge in [-0.05, 0) is 77.9 Å². The maximum Gasteiger partial charge on any atom is 0.333 e. The molecular formula is C23H21F2IO4. The number of hydrogen-bond acceptors (Lipinski definition) is 3. The van der Waals surface area contributed by atoms with Crippen LogP contribution in [0.15, 0.2) is 48.0 Å². The molecule has 0 bridgehead atoms. The van der Waals surface area contributed by atoms with E-state index >= 15 is 0 Å². The van der Waals surface area contributed by atoms with Crippen LogP contribution in [0.1, 0.15) is 25.0 Å². The Balaban J connectivity index is 1.97. The third-order valence-electron chi connectivity index (χ3n) is 3.96. The van der Waals surface area contributed by atoms with Crippen LogP contribution in [0.25, 0.3) is 0 Å². The number of benzene rings is 2. The minimum absolute atomic E-state index is 0.262. The molecule has 2 rings (SSSR count). The fraction of sp³-hybridized carbons (Fsp3) is 0.261. The molecule has 1 atom stereocenters. The summed E-state index contributed by atoms with van der Waals surface area (Å²) >= 11 is 2.13. The molecule has 0 aromatic heterocycles. The summed E-state index contributed by atoms with van der Waals surface area (Å²) in [5.74, 6) is 3.88. The Bertz CT molecular complexity index is 972. The van der Waals surface area contributed by atoms with Crippen molar-refractivity contribution in [1.29, 1.82) is 0 Å². The fourth-order valence-electron chi connectivity index (χ4n) is 2.53. The van der Waals surface area contributed by atoms with Crippen molar-refractivity contribution in [3.05, 3.63) is 74.4 Å². The van der Waals surface area contributed by atoms with Gasteiger partial charge in [-0.1, -0.05) is 17.9 Å². The summed E-state index contributed by atoms with van der Waals surface area (Å²) in [6, 6.07) is 8.59. The molecule has 2 aromatic carbocycles. The van der Waals surface area contributed by atoms with E-state index < -0.39 is 23.7 Å². The van der Waals surface area contributed by atoms with Crippen molar-refractivity contribution in [3.63, 3.8) is 0 Å². The number of rotatable bonds is 8. The number of carboxylic acid groups (broad SMARTS) is 1. The first kappa shape index (κ1) is 23.8. The van der Waals surface area contributed by atoms with Gasteiger partial charge in [0, 0.05) is 24.7 Å². The van der Waals surface area contributed by atoms with Crippen molar-refractivity contribution in [2.75, 3.05) is 13.2 Å². The monoisotopic (exact) mass is 526 g/mol. The first-order chi connectivity index (χ1) is 14.3. The molecule has 1 unspecified atom stereocenters. The van der Waals surface area contributed by atoms with Crippen LogP contribution in [0.5, 0.6) is 5.75 Å². The summed E-state index contributed by atoms with van der Waals surface area (Å²) in [4.78, 5) is 11.2. The van der Waals surface area contributed by atoms with Crippen molar-refractivity contribution in [2.45, 2.75) is 26.4 Å². The molecule has 30 heavy (non-hydrogen) atoms. The summed E-state index contributed by atoms with van der Waals surface area (Å²) in [6.07, 6.45) is 1.16. The smallest absolute Gasteiger partial charge is 0.333 e. The highest BCUT2D eigenvalue weighted by atomic mass is 127. The third kappa shape index (κ3) is 7.76. The van der Waals surface area contributed by atoms with E-state index in [1.54, 1.807) is 32.1 Å². The maximum atomic E-state index is 13.2. The predicted molar refractivity (Wildman–Crippen MR) is 118 cm³/mol. The zero-order valence-corrected chi connectivity index (χ0v) is 18.7. The molecule has 7 heteroatoms. The highest BCUT2D eigenvalue weighted by Crippen LogP contribution is 2.23. The second kappa shape index (κ2) is 11.7. The zero-order valence-electron chi connectivity index (χ0n) is 16.5. The second-order valence-electron chi connectivity index (χ2n) is 6.36. The van der Waals surface area contributed by atoms with Gasteiger partial charge in [-0.25, -0.2) is 13.6 Å². The predicted octanol–water partition coefficient (Wildman–Crippen LogP) is 4.98. The van der Waals surface area contributed by atoms with Crippen LogP contribution in [-0.4, -0.2) is 30.4 Å². The Labute approximate surface area is 188 Å². The molecule has 0 amide bonds. The van der Waals surface area contributed by atoms with E-state index in [9.17, 15) is 18.7 Å². The van der Waals surface area contributed by atoms with Crippen molar-refractivity contribution in [2.24, 2.45) is 0 Å². The Morgan fingerprint density at radius 2 is 1.93 bits per heavy atom. The molecule has 0 aliphatic carbocycles. The van der Waals surface area contributed by atoms with Crippen molar-refractivity contribution in [1.82, 2.24) is 0 Å². The van der Waals surface area contributed by atoms with E-state index in [1.165, 1.54) is 12.1 Å². The summed E-state index contributed by atoms with van der Waals surface area (Å²) < 4.78 is 38.2. The van der Waals surface area contributed by atoms with Crippen LogP contribution in [-0.2, 0) is 16.0 Å². The Kier molecular flexibility index (Phi) is 9.27. The molecule has 0 radical (unpaired) electrons. The van der Waals surface area contributed by atoms with Gasteiger partial charge >= 0.3 is 5.97 Å². The first-order valence-corrected chi connectivity index (χ1v) is 10.3. The van der Waals surface area contributed by atoms with Gasteiger partial charge in [0.15, 0.2) is 6.10 Å². The van der Waals surface area contributed by atoms with E-state index in [-0.39, 0.29) is 18.6 Å². The largest absolute Gasteiger partial charge is 0.488 e. The van der Waals surface area contributed by atoms with Gasteiger partial charge in [0.25, 0.3) is 0 Å². The molecule has 1 N–H and O–H groups in total. The molecule has 0 aliphatic rings.